The van der Waals surface area contributed by atoms with Crippen LogP contribution in [0.1, 0.15) is 11.1 Å². The highest BCUT2D eigenvalue weighted by atomic mass is 79.9. The minimum absolute atomic E-state index is 0.471. The fourth-order valence-corrected chi connectivity index (χ4v) is 4.11. The maximum absolute atomic E-state index is 6.32. The average molecular weight is 426 g/mol. The summed E-state index contributed by atoms with van der Waals surface area (Å²) >= 11 is 5.04. The van der Waals surface area contributed by atoms with Crippen LogP contribution in [0, 0.1) is 13.8 Å². The van der Waals surface area contributed by atoms with Gasteiger partial charge in [0.1, 0.15) is 5.01 Å². The second-order valence-corrected chi connectivity index (χ2v) is 7.76. The number of rotatable bonds is 3. The zero-order valence-electron chi connectivity index (χ0n) is 14.3. The molecule has 7 heteroatoms. The lowest BCUT2D eigenvalue weighted by atomic mass is 10.0. The molecule has 0 radical (unpaired) electrons. The molecule has 0 unspecified atom stereocenters. The Labute approximate surface area is 163 Å². The first-order valence-electron chi connectivity index (χ1n) is 8.04. The van der Waals surface area contributed by atoms with Gasteiger partial charge in [0, 0.05) is 15.4 Å². The summed E-state index contributed by atoms with van der Waals surface area (Å²) in [6, 6.07) is 14.1. The summed E-state index contributed by atoms with van der Waals surface area (Å²) < 4.78 is 2.52. The van der Waals surface area contributed by atoms with Crippen molar-refractivity contribution in [2.75, 3.05) is 5.73 Å². The van der Waals surface area contributed by atoms with Gasteiger partial charge in [-0.15, -0.1) is 16.4 Å². The predicted molar refractivity (Wildman–Crippen MR) is 109 cm³/mol. The first-order chi connectivity index (χ1) is 12.5. The number of hydrogen-bond donors (Lipinski definition) is 1. The van der Waals surface area contributed by atoms with E-state index in [1.165, 1.54) is 22.5 Å². The zero-order valence-corrected chi connectivity index (χ0v) is 16.7. The van der Waals surface area contributed by atoms with Crippen molar-refractivity contribution < 1.29 is 0 Å². The van der Waals surface area contributed by atoms with Crippen LogP contribution in [-0.2, 0) is 0 Å². The third kappa shape index (κ3) is 2.93. The summed E-state index contributed by atoms with van der Waals surface area (Å²) in [5, 5.41) is 11.3. The van der Waals surface area contributed by atoms with Crippen LogP contribution in [0.2, 0.25) is 0 Å². The Morgan fingerprint density at radius 2 is 1.92 bits per heavy atom. The molecule has 0 saturated heterocycles. The number of aryl methyl sites for hydroxylation is 2. The van der Waals surface area contributed by atoms with Gasteiger partial charge in [-0.2, -0.15) is 4.68 Å². The highest BCUT2D eigenvalue weighted by Crippen LogP contribution is 2.33. The van der Waals surface area contributed by atoms with Crippen LogP contribution in [0.3, 0.4) is 0 Å². The van der Waals surface area contributed by atoms with Gasteiger partial charge >= 0.3 is 0 Å². The van der Waals surface area contributed by atoms with Gasteiger partial charge in [-0.05, 0) is 47.5 Å². The van der Waals surface area contributed by atoms with E-state index < -0.39 is 0 Å². The molecular weight excluding hydrogens is 410 g/mol. The van der Waals surface area contributed by atoms with Crippen molar-refractivity contribution in [1.82, 2.24) is 20.0 Å². The van der Waals surface area contributed by atoms with Crippen LogP contribution >= 0.6 is 27.3 Å². The molecule has 0 aliphatic heterocycles. The lowest BCUT2D eigenvalue weighted by Crippen LogP contribution is -2.03. The molecule has 0 aliphatic rings. The monoisotopic (exact) mass is 425 g/mol. The molecule has 2 aromatic carbocycles. The third-order valence-electron chi connectivity index (χ3n) is 4.15. The van der Waals surface area contributed by atoms with E-state index in [1.807, 2.05) is 29.6 Å². The van der Waals surface area contributed by atoms with Crippen LogP contribution in [-0.4, -0.2) is 20.0 Å². The lowest BCUT2D eigenvalue weighted by molar-refractivity contribution is 0.807. The van der Waals surface area contributed by atoms with Crippen LogP contribution in [0.25, 0.3) is 27.6 Å². The highest BCUT2D eigenvalue weighted by molar-refractivity contribution is 9.10. The molecule has 5 nitrogen and oxygen atoms in total. The van der Waals surface area contributed by atoms with Crippen molar-refractivity contribution >= 4 is 33.1 Å². The Bertz CT molecular complexity index is 1100. The first kappa shape index (κ1) is 16.9. The van der Waals surface area contributed by atoms with Crippen molar-refractivity contribution in [2.24, 2.45) is 0 Å². The fourth-order valence-electron chi connectivity index (χ4n) is 2.85. The fraction of sp³-hybridized carbons (Fsp3) is 0.105. The van der Waals surface area contributed by atoms with Crippen LogP contribution in [0.15, 0.2) is 52.3 Å². The summed E-state index contributed by atoms with van der Waals surface area (Å²) in [6.07, 6.45) is 0. The molecule has 4 aromatic rings. The normalized spacial score (nSPS) is 11.0. The van der Waals surface area contributed by atoms with E-state index in [0.29, 0.717) is 11.5 Å². The highest BCUT2D eigenvalue weighted by Gasteiger charge is 2.18. The Kier molecular flexibility index (Phi) is 4.34. The molecule has 0 amide bonds. The van der Waals surface area contributed by atoms with E-state index in [2.05, 4.69) is 58.3 Å². The maximum atomic E-state index is 6.32. The Morgan fingerprint density at radius 3 is 2.69 bits per heavy atom. The van der Waals surface area contributed by atoms with Gasteiger partial charge in [-0.25, -0.2) is 4.98 Å². The predicted octanol–water partition coefficient (Wildman–Crippen LogP) is 5.02. The van der Waals surface area contributed by atoms with E-state index in [1.54, 1.807) is 4.68 Å². The van der Waals surface area contributed by atoms with Crippen molar-refractivity contribution in [3.05, 3.63) is 63.4 Å². The van der Waals surface area contributed by atoms with E-state index >= 15 is 0 Å². The van der Waals surface area contributed by atoms with Crippen molar-refractivity contribution in [2.45, 2.75) is 13.8 Å². The van der Waals surface area contributed by atoms with E-state index in [0.717, 1.165) is 26.4 Å². The summed E-state index contributed by atoms with van der Waals surface area (Å²) in [5.74, 6) is 0.471. The molecule has 0 fully saturated rings. The molecule has 4 rings (SSSR count). The number of aromatic nitrogens is 4. The smallest absolute Gasteiger partial charge is 0.165 e. The molecule has 2 heterocycles. The van der Waals surface area contributed by atoms with Gasteiger partial charge in [0.25, 0.3) is 0 Å². The lowest BCUT2D eigenvalue weighted by Gasteiger charge is -2.05. The molecule has 26 heavy (non-hydrogen) atoms. The molecule has 0 bridgehead atoms. The zero-order chi connectivity index (χ0) is 18.3. The van der Waals surface area contributed by atoms with Gasteiger partial charge in [0.2, 0.25) is 0 Å². The average Bonchev–Trinajstić information content (AvgIpc) is 3.22. The summed E-state index contributed by atoms with van der Waals surface area (Å²) in [5.41, 5.74) is 12.2. The number of thiazole rings is 1. The minimum atomic E-state index is 0.471. The third-order valence-corrected chi connectivity index (χ3v) is 5.67. The van der Waals surface area contributed by atoms with Gasteiger partial charge in [0.05, 0.1) is 11.4 Å². The topological polar surface area (TPSA) is 69.6 Å². The number of benzene rings is 2. The molecule has 2 N–H and O–H groups in total. The molecule has 2 aromatic heterocycles. The van der Waals surface area contributed by atoms with E-state index in [9.17, 15) is 0 Å². The Balaban J connectivity index is 1.74. The molecule has 0 aliphatic carbocycles. The molecule has 130 valence electrons. The maximum Gasteiger partial charge on any atom is 0.165 e. The standard InChI is InChI=1S/C19H16BrN5S/c1-11-7-8-13(12(2)9-11)15-10-26-19(22-15)17-18(21)25(24-23-17)16-6-4-3-5-14(16)20/h3-10H,21H2,1-2H3. The summed E-state index contributed by atoms with van der Waals surface area (Å²) in [7, 11) is 0. The molecular formula is C19H16BrN5S. The second-order valence-electron chi connectivity index (χ2n) is 6.04. The minimum Gasteiger partial charge on any atom is -0.382 e. The van der Waals surface area contributed by atoms with Gasteiger partial charge in [-0.1, -0.05) is 41.1 Å². The molecule has 0 atom stereocenters. The Morgan fingerprint density at radius 1 is 1.12 bits per heavy atom. The molecule has 0 spiro atoms. The van der Waals surface area contributed by atoms with Crippen LogP contribution in [0.5, 0.6) is 0 Å². The number of nitrogens with two attached hydrogens (primary N) is 1. The van der Waals surface area contributed by atoms with Crippen LogP contribution in [0.4, 0.5) is 5.82 Å². The van der Waals surface area contributed by atoms with Gasteiger partial charge < -0.3 is 5.73 Å². The number of anilines is 1. The largest absolute Gasteiger partial charge is 0.382 e. The van der Waals surface area contributed by atoms with E-state index in [-0.39, 0.29) is 0 Å². The second kappa shape index (κ2) is 6.66. The Hall–Kier alpha value is -2.51. The molecule has 0 saturated carbocycles. The van der Waals surface area contributed by atoms with Crippen LogP contribution < -0.4 is 5.73 Å². The van der Waals surface area contributed by atoms with Crippen molar-refractivity contribution in [3.8, 4) is 27.6 Å². The number of nitrogens with zero attached hydrogens (tertiary/aromatic N) is 4. The first-order valence-corrected chi connectivity index (χ1v) is 9.71. The van der Waals surface area contributed by atoms with E-state index in [4.69, 9.17) is 10.7 Å². The summed E-state index contributed by atoms with van der Waals surface area (Å²) in [4.78, 5) is 4.74. The van der Waals surface area contributed by atoms with Gasteiger partial charge in [0.15, 0.2) is 11.5 Å². The number of nitrogen functional groups attached to an aromatic ring is 1. The number of halogens is 1. The van der Waals surface area contributed by atoms with Crippen molar-refractivity contribution in [1.29, 1.82) is 0 Å². The van der Waals surface area contributed by atoms with Crippen molar-refractivity contribution in [3.63, 3.8) is 0 Å². The quantitative estimate of drug-likeness (QED) is 0.500. The summed E-state index contributed by atoms with van der Waals surface area (Å²) in [6.45, 7) is 4.18. The SMILES string of the molecule is Cc1ccc(-c2csc(-c3nnn(-c4ccccc4Br)c3N)n2)c(C)c1. The van der Waals surface area contributed by atoms with Gasteiger partial charge in [-0.3, -0.25) is 0 Å². The number of para-hydroxylation sites is 1. The number of hydrogen-bond acceptors (Lipinski definition) is 5.